The van der Waals surface area contributed by atoms with Gasteiger partial charge in [0.05, 0.1) is 0 Å². The van der Waals surface area contributed by atoms with Gasteiger partial charge in [0.25, 0.3) is 0 Å². The lowest BCUT2D eigenvalue weighted by molar-refractivity contribution is 0.128. The fourth-order valence-corrected chi connectivity index (χ4v) is 2.56. The van der Waals surface area contributed by atoms with Gasteiger partial charge in [-0.2, -0.15) is 0 Å². The Morgan fingerprint density at radius 1 is 1.25 bits per heavy atom. The third kappa shape index (κ3) is 4.81. The van der Waals surface area contributed by atoms with E-state index in [4.69, 9.17) is 5.73 Å². The van der Waals surface area contributed by atoms with Gasteiger partial charge in [0.15, 0.2) is 0 Å². The lowest BCUT2D eigenvalue weighted by Gasteiger charge is -2.36. The first-order valence-electron chi connectivity index (χ1n) is 6.90. The number of likely N-dealkylation sites (tertiary alicyclic amines) is 1. The topological polar surface area (TPSA) is 32.5 Å². The first kappa shape index (κ1) is 13.9. The van der Waals surface area contributed by atoms with Gasteiger partial charge in [0, 0.05) is 19.1 Å². The van der Waals surface area contributed by atoms with E-state index in [1.54, 1.807) is 0 Å². The lowest BCUT2D eigenvalue weighted by atomic mass is 10.0. The van der Waals surface area contributed by atoms with Crippen LogP contribution in [0.25, 0.3) is 0 Å². The van der Waals surface area contributed by atoms with Crippen LogP contribution in [0, 0.1) is 0 Å². The Morgan fingerprint density at radius 3 is 2.50 bits per heavy atom. The van der Waals surface area contributed by atoms with Crippen molar-refractivity contribution in [3.8, 4) is 0 Å². The maximum absolute atomic E-state index is 5.58. The van der Waals surface area contributed by atoms with E-state index in [1.807, 2.05) is 0 Å². The second-order valence-corrected chi connectivity index (χ2v) is 5.05. The second kappa shape index (κ2) is 8.04. The summed E-state index contributed by atoms with van der Waals surface area (Å²) in [4.78, 5) is 5.06. The average Bonchev–Trinajstić information content (AvgIpc) is 2.30. The third-order valence-electron chi connectivity index (χ3n) is 3.74. The van der Waals surface area contributed by atoms with Gasteiger partial charge in [-0.05, 0) is 45.9 Å². The molecule has 0 aromatic carbocycles. The van der Waals surface area contributed by atoms with Gasteiger partial charge >= 0.3 is 0 Å². The van der Waals surface area contributed by atoms with Crippen LogP contribution in [0.4, 0.5) is 0 Å². The molecule has 0 aliphatic carbocycles. The van der Waals surface area contributed by atoms with E-state index in [0.29, 0.717) is 0 Å². The summed E-state index contributed by atoms with van der Waals surface area (Å²) < 4.78 is 0. The Kier molecular flexibility index (Phi) is 7.01. The van der Waals surface area contributed by atoms with E-state index in [2.05, 4.69) is 23.8 Å². The van der Waals surface area contributed by atoms with Crippen LogP contribution in [0.1, 0.15) is 39.0 Å². The Bertz CT molecular complexity index is 165. The summed E-state index contributed by atoms with van der Waals surface area (Å²) in [5.41, 5.74) is 5.58. The molecule has 0 saturated carbocycles. The van der Waals surface area contributed by atoms with E-state index >= 15 is 0 Å². The normalized spacial score (nSPS) is 19.5. The van der Waals surface area contributed by atoms with Crippen molar-refractivity contribution in [3.05, 3.63) is 0 Å². The van der Waals surface area contributed by atoms with Gasteiger partial charge in [0.2, 0.25) is 0 Å². The molecular formula is C13H29N3. The minimum Gasteiger partial charge on any atom is -0.329 e. The van der Waals surface area contributed by atoms with Crippen molar-refractivity contribution in [1.82, 2.24) is 9.80 Å². The fourth-order valence-electron chi connectivity index (χ4n) is 2.56. The molecule has 0 aromatic rings. The molecule has 16 heavy (non-hydrogen) atoms. The van der Waals surface area contributed by atoms with Crippen molar-refractivity contribution >= 4 is 0 Å². The molecule has 1 aliphatic heterocycles. The highest BCUT2D eigenvalue weighted by atomic mass is 15.2. The molecule has 3 heteroatoms. The highest BCUT2D eigenvalue weighted by molar-refractivity contribution is 4.78. The van der Waals surface area contributed by atoms with Crippen molar-refractivity contribution in [3.63, 3.8) is 0 Å². The van der Waals surface area contributed by atoms with Crippen molar-refractivity contribution in [2.24, 2.45) is 5.73 Å². The van der Waals surface area contributed by atoms with Crippen LogP contribution in [0.3, 0.4) is 0 Å². The van der Waals surface area contributed by atoms with Gasteiger partial charge in [-0.3, -0.25) is 0 Å². The zero-order valence-corrected chi connectivity index (χ0v) is 11.1. The van der Waals surface area contributed by atoms with E-state index in [-0.39, 0.29) is 0 Å². The van der Waals surface area contributed by atoms with Crippen LogP contribution in [0.5, 0.6) is 0 Å². The molecule has 2 N–H and O–H groups in total. The molecule has 0 radical (unpaired) electrons. The first-order chi connectivity index (χ1) is 7.77. The Hall–Kier alpha value is -0.120. The molecule has 1 rings (SSSR count). The van der Waals surface area contributed by atoms with Crippen LogP contribution >= 0.6 is 0 Å². The minimum absolute atomic E-state index is 0.803. The predicted octanol–water partition coefficient (Wildman–Crippen LogP) is 1.53. The summed E-state index contributed by atoms with van der Waals surface area (Å²) >= 11 is 0. The number of unbranched alkanes of at least 4 members (excludes halogenated alkanes) is 2. The molecule has 0 spiro atoms. The van der Waals surface area contributed by atoms with E-state index < -0.39 is 0 Å². The summed E-state index contributed by atoms with van der Waals surface area (Å²) in [6, 6.07) is 0.811. The zero-order chi connectivity index (χ0) is 11.8. The number of piperidine rings is 1. The average molecular weight is 227 g/mol. The smallest absolute Gasteiger partial charge is 0.0117 e. The summed E-state index contributed by atoms with van der Waals surface area (Å²) in [7, 11) is 2.29. The van der Waals surface area contributed by atoms with Crippen molar-refractivity contribution in [2.45, 2.75) is 45.1 Å². The largest absolute Gasteiger partial charge is 0.329 e. The molecule has 1 heterocycles. The van der Waals surface area contributed by atoms with Crippen LogP contribution in [-0.4, -0.2) is 55.6 Å². The number of hydrogen-bond acceptors (Lipinski definition) is 3. The molecule has 1 aliphatic rings. The standard InChI is InChI=1S/C13H29N3/c1-3-4-5-9-15(2)13-6-10-16(11-7-13)12-8-14/h13H,3-12,14H2,1-2H3. The van der Waals surface area contributed by atoms with Gasteiger partial charge in [0.1, 0.15) is 0 Å². The van der Waals surface area contributed by atoms with Crippen molar-refractivity contribution < 1.29 is 0 Å². The molecule has 0 unspecified atom stereocenters. The summed E-state index contributed by atoms with van der Waals surface area (Å²) in [5.74, 6) is 0. The molecule has 0 bridgehead atoms. The zero-order valence-electron chi connectivity index (χ0n) is 11.1. The number of nitrogens with zero attached hydrogens (tertiary/aromatic N) is 2. The van der Waals surface area contributed by atoms with Crippen molar-refractivity contribution in [1.29, 1.82) is 0 Å². The van der Waals surface area contributed by atoms with E-state index in [0.717, 1.165) is 19.1 Å². The maximum Gasteiger partial charge on any atom is 0.0117 e. The van der Waals surface area contributed by atoms with Gasteiger partial charge in [-0.15, -0.1) is 0 Å². The fraction of sp³-hybridized carbons (Fsp3) is 1.00. The highest BCUT2D eigenvalue weighted by Gasteiger charge is 2.21. The molecule has 0 aromatic heterocycles. The number of rotatable bonds is 7. The molecule has 96 valence electrons. The van der Waals surface area contributed by atoms with E-state index in [9.17, 15) is 0 Å². The Labute approximate surface area is 101 Å². The minimum atomic E-state index is 0.803. The molecular weight excluding hydrogens is 198 g/mol. The number of nitrogens with two attached hydrogens (primary N) is 1. The first-order valence-corrected chi connectivity index (χ1v) is 6.90. The van der Waals surface area contributed by atoms with Crippen LogP contribution in [0.15, 0.2) is 0 Å². The molecule has 0 atom stereocenters. The van der Waals surface area contributed by atoms with E-state index in [1.165, 1.54) is 51.7 Å². The number of hydrogen-bond donors (Lipinski definition) is 1. The van der Waals surface area contributed by atoms with Crippen LogP contribution in [-0.2, 0) is 0 Å². The van der Waals surface area contributed by atoms with Gasteiger partial charge < -0.3 is 15.5 Å². The Morgan fingerprint density at radius 2 is 1.94 bits per heavy atom. The third-order valence-corrected chi connectivity index (χ3v) is 3.74. The summed E-state index contributed by atoms with van der Waals surface area (Å²) in [6.45, 7) is 7.89. The second-order valence-electron chi connectivity index (χ2n) is 5.05. The van der Waals surface area contributed by atoms with Crippen molar-refractivity contribution in [2.75, 3.05) is 39.8 Å². The molecule has 0 amide bonds. The SMILES string of the molecule is CCCCCN(C)C1CCN(CCN)CC1. The molecule has 3 nitrogen and oxygen atoms in total. The maximum atomic E-state index is 5.58. The lowest BCUT2D eigenvalue weighted by Crippen LogP contribution is -2.44. The molecule has 1 saturated heterocycles. The van der Waals surface area contributed by atoms with Crippen LogP contribution in [0.2, 0.25) is 0 Å². The van der Waals surface area contributed by atoms with Crippen LogP contribution < -0.4 is 5.73 Å². The summed E-state index contributed by atoms with van der Waals surface area (Å²) in [6.07, 6.45) is 6.69. The quantitative estimate of drug-likeness (QED) is 0.670. The molecule has 1 fully saturated rings. The highest BCUT2D eigenvalue weighted by Crippen LogP contribution is 2.15. The predicted molar refractivity (Wildman–Crippen MR) is 70.7 cm³/mol. The Balaban J connectivity index is 2.14. The summed E-state index contributed by atoms with van der Waals surface area (Å²) in [5, 5.41) is 0. The van der Waals surface area contributed by atoms with Gasteiger partial charge in [-0.1, -0.05) is 19.8 Å². The monoisotopic (exact) mass is 227 g/mol. The van der Waals surface area contributed by atoms with Gasteiger partial charge in [-0.25, -0.2) is 0 Å².